The van der Waals surface area contributed by atoms with Crippen molar-refractivity contribution >= 4 is 21.8 Å². The Hall–Kier alpha value is -1.89. The minimum atomic E-state index is -3.67. The van der Waals surface area contributed by atoms with Crippen LogP contribution in [0.25, 0.3) is 0 Å². The second-order valence-electron chi connectivity index (χ2n) is 9.06. The fourth-order valence-electron chi connectivity index (χ4n) is 5.89. The number of benzene rings is 1. The fourth-order valence-corrected chi connectivity index (χ4v) is 7.11. The first-order valence-corrected chi connectivity index (χ1v) is 12.5. The highest BCUT2D eigenvalue weighted by molar-refractivity contribution is 7.90. The van der Waals surface area contributed by atoms with E-state index in [1.807, 2.05) is 11.0 Å². The highest BCUT2D eigenvalue weighted by atomic mass is 32.2. The van der Waals surface area contributed by atoms with E-state index < -0.39 is 10.0 Å². The number of amidine groups is 1. The number of amides is 1. The number of hydrogen-bond acceptors (Lipinski definition) is 4. The zero-order valence-corrected chi connectivity index (χ0v) is 17.5. The lowest BCUT2D eigenvalue weighted by atomic mass is 9.69. The zero-order valence-electron chi connectivity index (χ0n) is 16.7. The van der Waals surface area contributed by atoms with Crippen LogP contribution in [0.5, 0.6) is 0 Å². The highest BCUT2D eigenvalue weighted by Gasteiger charge is 2.40. The molecule has 0 spiro atoms. The fraction of sp³-hybridized carbons (Fsp3) is 0.636. The van der Waals surface area contributed by atoms with Gasteiger partial charge in [-0.2, -0.15) is 8.42 Å². The summed E-state index contributed by atoms with van der Waals surface area (Å²) in [6, 6.07) is 6.84. The molecule has 1 saturated heterocycles. The first-order chi connectivity index (χ1) is 14.0. The molecule has 6 nitrogen and oxygen atoms in total. The van der Waals surface area contributed by atoms with Gasteiger partial charge in [0.05, 0.1) is 0 Å². The van der Waals surface area contributed by atoms with E-state index in [1.165, 1.54) is 32.1 Å². The first-order valence-electron chi connectivity index (χ1n) is 11.0. The summed E-state index contributed by atoms with van der Waals surface area (Å²) in [6.07, 6.45) is 10.4. The number of carbonyl (C=O) groups is 1. The molecule has 2 heterocycles. The summed E-state index contributed by atoms with van der Waals surface area (Å²) in [5, 5.41) is 3.31. The maximum absolute atomic E-state index is 13.2. The molecule has 0 unspecified atom stereocenters. The third-order valence-electron chi connectivity index (χ3n) is 7.33. The summed E-state index contributed by atoms with van der Waals surface area (Å²) in [5.74, 6) is 2.09. The first kappa shape index (κ1) is 19.1. The van der Waals surface area contributed by atoms with Crippen molar-refractivity contribution in [1.82, 2.24) is 10.2 Å². The number of nitrogens with zero attached hydrogens (tertiary/aromatic N) is 2. The Labute approximate surface area is 172 Å². The molecule has 7 heteroatoms. The molecule has 1 N–H and O–H groups in total. The van der Waals surface area contributed by atoms with Gasteiger partial charge < -0.3 is 10.2 Å². The topological polar surface area (TPSA) is 78.8 Å². The Kier molecular flexibility index (Phi) is 4.88. The van der Waals surface area contributed by atoms with Crippen LogP contribution in [0.2, 0.25) is 0 Å². The van der Waals surface area contributed by atoms with E-state index in [2.05, 4.69) is 9.71 Å². The van der Waals surface area contributed by atoms with E-state index in [0.29, 0.717) is 17.9 Å². The molecule has 0 radical (unpaired) electrons. The Morgan fingerprint density at radius 3 is 2.66 bits per heavy atom. The summed E-state index contributed by atoms with van der Waals surface area (Å²) >= 11 is 0. The van der Waals surface area contributed by atoms with Crippen LogP contribution < -0.4 is 5.32 Å². The Bertz CT molecular complexity index is 942. The smallest absolute Gasteiger partial charge is 0.285 e. The normalized spacial score (nSPS) is 33.0. The molecular weight excluding hydrogens is 386 g/mol. The van der Waals surface area contributed by atoms with Crippen molar-refractivity contribution in [3.8, 4) is 0 Å². The van der Waals surface area contributed by atoms with Gasteiger partial charge in [-0.25, -0.2) is 0 Å². The minimum absolute atomic E-state index is 0.0336. The van der Waals surface area contributed by atoms with Crippen LogP contribution in [0.3, 0.4) is 0 Å². The maximum Gasteiger partial charge on any atom is 0.285 e. The molecule has 0 bridgehead atoms. The number of rotatable bonds is 2. The number of hydrogen-bond donors (Lipinski definition) is 1. The van der Waals surface area contributed by atoms with Crippen LogP contribution in [-0.4, -0.2) is 43.7 Å². The molecule has 1 aromatic rings. The molecule has 156 valence electrons. The Morgan fingerprint density at radius 2 is 1.79 bits per heavy atom. The number of nitrogens with one attached hydrogen (secondary N) is 1. The summed E-state index contributed by atoms with van der Waals surface area (Å²) in [4.78, 5) is 15.3. The second kappa shape index (κ2) is 7.42. The van der Waals surface area contributed by atoms with Gasteiger partial charge in [-0.1, -0.05) is 37.8 Å². The molecule has 2 aliphatic heterocycles. The monoisotopic (exact) mass is 415 g/mol. The van der Waals surface area contributed by atoms with E-state index in [4.69, 9.17) is 0 Å². The quantitative estimate of drug-likeness (QED) is 0.805. The van der Waals surface area contributed by atoms with Crippen LogP contribution in [0.1, 0.15) is 63.4 Å². The molecule has 3 fully saturated rings. The van der Waals surface area contributed by atoms with Crippen LogP contribution in [0.4, 0.5) is 0 Å². The Balaban J connectivity index is 1.31. The molecule has 1 amide bonds. The predicted molar refractivity (Wildman–Crippen MR) is 111 cm³/mol. The van der Waals surface area contributed by atoms with Crippen molar-refractivity contribution in [3.63, 3.8) is 0 Å². The lowest BCUT2D eigenvalue weighted by Crippen LogP contribution is -2.50. The van der Waals surface area contributed by atoms with Gasteiger partial charge in [-0.05, 0) is 56.1 Å². The molecule has 2 aliphatic carbocycles. The van der Waals surface area contributed by atoms with E-state index in [-0.39, 0.29) is 22.9 Å². The van der Waals surface area contributed by atoms with Gasteiger partial charge in [0.1, 0.15) is 10.9 Å². The average Bonchev–Trinajstić information content (AvgIpc) is 3.31. The van der Waals surface area contributed by atoms with Gasteiger partial charge in [0.15, 0.2) is 5.84 Å². The van der Waals surface area contributed by atoms with Crippen molar-refractivity contribution in [3.05, 3.63) is 29.8 Å². The van der Waals surface area contributed by atoms with Gasteiger partial charge >= 0.3 is 0 Å². The lowest BCUT2D eigenvalue weighted by Gasteiger charge is -2.40. The third kappa shape index (κ3) is 3.47. The van der Waals surface area contributed by atoms with Gasteiger partial charge in [0.25, 0.3) is 10.0 Å². The molecule has 4 atom stereocenters. The average molecular weight is 416 g/mol. The molecule has 29 heavy (non-hydrogen) atoms. The lowest BCUT2D eigenvalue weighted by molar-refractivity contribution is -0.125. The van der Waals surface area contributed by atoms with Crippen LogP contribution >= 0.6 is 0 Å². The number of sulfonamides is 1. The number of fused-ring (bicyclic) bond motifs is 2. The van der Waals surface area contributed by atoms with Crippen molar-refractivity contribution in [2.75, 3.05) is 6.54 Å². The predicted octanol–water partition coefficient (Wildman–Crippen LogP) is 3.08. The van der Waals surface area contributed by atoms with Crippen LogP contribution in [0, 0.1) is 11.8 Å². The standard InChI is InChI=1S/C22H29N3O3S/c26-22(23-17-12-11-15-6-1-2-7-16(15)14-17)19-9-5-13-25(19)21-18-8-3-4-10-20(18)29(27,28)24-21/h3-4,8,10,15-17,19H,1-2,5-7,9,11-14H2,(H,23,26)/t15-,16-,17+,19-/m0/s1. The molecule has 5 rings (SSSR count). The van der Waals surface area contributed by atoms with Gasteiger partial charge in [-0.3, -0.25) is 4.79 Å². The second-order valence-corrected chi connectivity index (χ2v) is 10.6. The molecule has 1 aromatic carbocycles. The number of likely N-dealkylation sites (tertiary alicyclic amines) is 1. The van der Waals surface area contributed by atoms with Crippen molar-refractivity contribution in [2.45, 2.75) is 74.8 Å². The van der Waals surface area contributed by atoms with Crippen molar-refractivity contribution in [1.29, 1.82) is 0 Å². The van der Waals surface area contributed by atoms with Crippen molar-refractivity contribution in [2.24, 2.45) is 16.2 Å². The summed E-state index contributed by atoms with van der Waals surface area (Å²) in [7, 11) is -3.67. The Morgan fingerprint density at radius 1 is 1.00 bits per heavy atom. The summed E-state index contributed by atoms with van der Waals surface area (Å²) < 4.78 is 28.9. The molecule has 0 aromatic heterocycles. The SMILES string of the molecule is O=C(N[C@@H]1CC[C@@H]2CCCC[C@H]2C1)[C@@H]1CCCN1C1=NS(=O)(=O)c2ccccc21. The zero-order chi connectivity index (χ0) is 20.0. The maximum atomic E-state index is 13.2. The van der Waals surface area contributed by atoms with Gasteiger partial charge in [0.2, 0.25) is 5.91 Å². The van der Waals surface area contributed by atoms with E-state index in [1.54, 1.807) is 18.2 Å². The molecular formula is C22H29N3O3S. The highest BCUT2D eigenvalue weighted by Crippen LogP contribution is 2.40. The van der Waals surface area contributed by atoms with Gasteiger partial charge in [0, 0.05) is 18.2 Å². The van der Waals surface area contributed by atoms with Crippen LogP contribution in [-0.2, 0) is 14.8 Å². The van der Waals surface area contributed by atoms with Crippen LogP contribution in [0.15, 0.2) is 33.6 Å². The molecule has 4 aliphatic rings. The summed E-state index contributed by atoms with van der Waals surface area (Å²) in [6.45, 7) is 0.663. The largest absolute Gasteiger partial charge is 0.352 e. The van der Waals surface area contributed by atoms with E-state index in [9.17, 15) is 13.2 Å². The van der Waals surface area contributed by atoms with E-state index >= 15 is 0 Å². The van der Waals surface area contributed by atoms with Crippen molar-refractivity contribution < 1.29 is 13.2 Å². The van der Waals surface area contributed by atoms with Gasteiger partial charge in [-0.15, -0.1) is 4.40 Å². The number of carbonyl (C=O) groups excluding carboxylic acids is 1. The minimum Gasteiger partial charge on any atom is -0.352 e. The summed E-state index contributed by atoms with van der Waals surface area (Å²) in [5.41, 5.74) is 0.620. The van der Waals surface area contributed by atoms with E-state index in [0.717, 1.165) is 37.5 Å². The third-order valence-corrected chi connectivity index (χ3v) is 8.65. The molecule has 2 saturated carbocycles.